The number of allylic oxidation sites excluding steroid dienone is 5. The van der Waals surface area contributed by atoms with Crippen LogP contribution in [0.25, 0.3) is 0 Å². The third-order valence-corrected chi connectivity index (χ3v) is 7.18. The number of Topliss-reactive ketones (excluding diaryl/α,β-unsaturated/α-hetero) is 1. The predicted octanol–water partition coefficient (Wildman–Crippen LogP) is 3.63. The summed E-state index contributed by atoms with van der Waals surface area (Å²) in [6.07, 6.45) is 7.09. The molecule has 218 valence electrons. The minimum Gasteiger partial charge on any atom is -0.342 e. The van der Waals surface area contributed by atoms with Gasteiger partial charge in [0.15, 0.2) is 5.78 Å². The monoisotopic (exact) mass is 567 g/mol. The van der Waals surface area contributed by atoms with Crippen molar-refractivity contribution >= 4 is 29.2 Å². The molecule has 2 aromatic rings. The van der Waals surface area contributed by atoms with Crippen LogP contribution in [0.15, 0.2) is 78.9 Å². The van der Waals surface area contributed by atoms with Gasteiger partial charge in [-0.05, 0) is 61.2 Å². The number of nitriles is 1. The molecule has 3 amide bonds. The summed E-state index contributed by atoms with van der Waals surface area (Å²) in [5, 5.41) is 14.8. The highest BCUT2D eigenvalue weighted by atomic mass is 16.2. The lowest BCUT2D eigenvalue weighted by molar-refractivity contribution is -0.143. The van der Waals surface area contributed by atoms with Crippen molar-refractivity contribution in [2.45, 2.75) is 58.2 Å². The van der Waals surface area contributed by atoms with Crippen molar-refractivity contribution in [2.24, 2.45) is 5.73 Å². The molecule has 0 fully saturated rings. The maximum absolute atomic E-state index is 13.7. The average molecular weight is 568 g/mol. The summed E-state index contributed by atoms with van der Waals surface area (Å²) in [6, 6.07) is 12.8. The average Bonchev–Trinajstić information content (AvgIpc) is 2.99. The van der Waals surface area contributed by atoms with Gasteiger partial charge in [-0.2, -0.15) is 5.26 Å². The molecule has 9 heteroatoms. The van der Waals surface area contributed by atoms with Gasteiger partial charge in [-0.15, -0.1) is 0 Å². The number of hydrogen-bond acceptors (Lipinski definition) is 6. The molecule has 2 aromatic carbocycles. The molecule has 9 nitrogen and oxygen atoms in total. The highest BCUT2D eigenvalue weighted by molar-refractivity contribution is 6.00. The number of aryl methyl sites for hydroxylation is 1. The van der Waals surface area contributed by atoms with Crippen LogP contribution in [-0.2, 0) is 32.1 Å². The zero-order chi connectivity index (χ0) is 30.6. The standard InChI is InChI=1S/C33H37N5O4/c1-4-5-6-9-23(3)30(39)14-15-31(40)38-21-26-11-8-7-10-25(26)19-29(38)33(42)36-27(16-17-34)32(41)37-28-18-24(20-35)13-12-22(28)2/h4-13,18,27,29H,1,14-17,19,21,34H2,2-3H3,(H,36,42)(H,37,41)/b6-5-,23-9+/t27-,29-/m0/s1. The molecule has 0 aromatic heterocycles. The van der Waals surface area contributed by atoms with Gasteiger partial charge in [-0.3, -0.25) is 19.2 Å². The molecule has 0 saturated carbocycles. The van der Waals surface area contributed by atoms with Crippen LogP contribution in [-0.4, -0.2) is 47.0 Å². The molecular weight excluding hydrogens is 530 g/mol. The van der Waals surface area contributed by atoms with Crippen molar-refractivity contribution in [1.29, 1.82) is 5.26 Å². The SMILES string of the molecule is C=C/C=C\C=C(/C)C(=O)CCC(=O)N1Cc2ccccc2C[C@H]1C(=O)N[C@@H](CCN)C(=O)Nc1cc(C#N)ccc1C. The molecule has 1 aliphatic heterocycles. The quantitative estimate of drug-likeness (QED) is 0.264. The summed E-state index contributed by atoms with van der Waals surface area (Å²) in [5.74, 6) is -1.44. The number of hydrogen-bond donors (Lipinski definition) is 3. The first-order valence-corrected chi connectivity index (χ1v) is 13.9. The Kier molecular flexibility index (Phi) is 11.5. The molecule has 1 aliphatic rings. The fraction of sp³-hybridized carbons (Fsp3) is 0.303. The van der Waals surface area contributed by atoms with Crippen molar-refractivity contribution in [3.05, 3.63) is 101 Å². The van der Waals surface area contributed by atoms with Crippen LogP contribution in [0, 0.1) is 18.3 Å². The van der Waals surface area contributed by atoms with E-state index >= 15 is 0 Å². The summed E-state index contributed by atoms with van der Waals surface area (Å²) >= 11 is 0. The van der Waals surface area contributed by atoms with Gasteiger partial charge in [0.25, 0.3) is 0 Å². The summed E-state index contributed by atoms with van der Waals surface area (Å²) in [4.78, 5) is 54.4. The first-order valence-electron chi connectivity index (χ1n) is 13.9. The number of anilines is 1. The number of amides is 3. The number of nitrogens with one attached hydrogen (secondary N) is 2. The Balaban J connectivity index is 1.78. The van der Waals surface area contributed by atoms with Crippen LogP contribution in [0.3, 0.4) is 0 Å². The van der Waals surface area contributed by atoms with Gasteiger partial charge >= 0.3 is 0 Å². The van der Waals surface area contributed by atoms with Crippen molar-refractivity contribution in [3.8, 4) is 6.07 Å². The first kappa shape index (κ1) is 31.7. The summed E-state index contributed by atoms with van der Waals surface area (Å²) in [7, 11) is 0. The van der Waals surface area contributed by atoms with Crippen molar-refractivity contribution in [2.75, 3.05) is 11.9 Å². The third-order valence-electron chi connectivity index (χ3n) is 7.18. The molecule has 0 unspecified atom stereocenters. The Hall–Kier alpha value is -4.81. The third kappa shape index (κ3) is 8.35. The van der Waals surface area contributed by atoms with Gasteiger partial charge in [-0.1, -0.05) is 61.2 Å². The molecule has 3 rings (SSSR count). The molecule has 0 spiro atoms. The van der Waals surface area contributed by atoms with E-state index in [4.69, 9.17) is 5.73 Å². The Labute approximate surface area is 246 Å². The Morgan fingerprint density at radius 3 is 2.57 bits per heavy atom. The molecular formula is C33H37N5O4. The number of fused-ring (bicyclic) bond motifs is 1. The maximum atomic E-state index is 13.7. The second kappa shape index (κ2) is 15.3. The number of rotatable bonds is 12. The van der Waals surface area contributed by atoms with E-state index in [2.05, 4.69) is 17.2 Å². The second-order valence-corrected chi connectivity index (χ2v) is 10.2. The van der Waals surface area contributed by atoms with E-state index in [1.54, 1.807) is 56.4 Å². The van der Waals surface area contributed by atoms with Crippen molar-refractivity contribution < 1.29 is 19.2 Å². The molecule has 4 N–H and O–H groups in total. The van der Waals surface area contributed by atoms with Crippen LogP contribution in [0.5, 0.6) is 0 Å². The van der Waals surface area contributed by atoms with Crippen LogP contribution in [0.2, 0.25) is 0 Å². The molecule has 0 aliphatic carbocycles. The van der Waals surface area contributed by atoms with Crippen LogP contribution >= 0.6 is 0 Å². The van der Waals surface area contributed by atoms with E-state index in [9.17, 15) is 24.4 Å². The highest BCUT2D eigenvalue weighted by Gasteiger charge is 2.36. The van der Waals surface area contributed by atoms with E-state index < -0.39 is 23.9 Å². The Morgan fingerprint density at radius 2 is 1.88 bits per heavy atom. The van der Waals surface area contributed by atoms with Gasteiger partial charge in [0.05, 0.1) is 11.6 Å². The number of carbonyl (C=O) groups excluding carboxylic acids is 4. The predicted molar refractivity (Wildman–Crippen MR) is 162 cm³/mol. The fourth-order valence-electron chi connectivity index (χ4n) is 4.70. The number of nitrogens with two attached hydrogens (primary N) is 1. The lowest BCUT2D eigenvalue weighted by atomic mass is 9.92. The van der Waals surface area contributed by atoms with Gasteiger partial charge in [0.1, 0.15) is 12.1 Å². The fourth-order valence-corrected chi connectivity index (χ4v) is 4.70. The first-order chi connectivity index (χ1) is 20.2. The molecule has 2 atom stereocenters. The maximum Gasteiger partial charge on any atom is 0.247 e. The van der Waals surface area contributed by atoms with Gasteiger partial charge in [0.2, 0.25) is 17.7 Å². The van der Waals surface area contributed by atoms with E-state index in [0.717, 1.165) is 16.7 Å². The number of benzene rings is 2. The van der Waals surface area contributed by atoms with E-state index in [-0.39, 0.29) is 50.5 Å². The van der Waals surface area contributed by atoms with E-state index in [1.165, 1.54) is 4.90 Å². The Morgan fingerprint density at radius 1 is 1.14 bits per heavy atom. The summed E-state index contributed by atoms with van der Waals surface area (Å²) < 4.78 is 0. The lowest BCUT2D eigenvalue weighted by Crippen LogP contribution is -2.56. The topological polar surface area (TPSA) is 145 Å². The van der Waals surface area contributed by atoms with Crippen LogP contribution < -0.4 is 16.4 Å². The molecule has 42 heavy (non-hydrogen) atoms. The van der Waals surface area contributed by atoms with Gasteiger partial charge in [-0.25, -0.2) is 0 Å². The zero-order valence-corrected chi connectivity index (χ0v) is 24.1. The smallest absolute Gasteiger partial charge is 0.247 e. The molecule has 1 heterocycles. The van der Waals surface area contributed by atoms with Crippen LogP contribution in [0.1, 0.15) is 48.4 Å². The van der Waals surface area contributed by atoms with Gasteiger partial charge < -0.3 is 21.3 Å². The van der Waals surface area contributed by atoms with E-state index in [0.29, 0.717) is 16.8 Å². The summed E-state index contributed by atoms with van der Waals surface area (Å²) in [5.41, 5.74) is 9.78. The van der Waals surface area contributed by atoms with Crippen molar-refractivity contribution in [1.82, 2.24) is 10.2 Å². The molecule has 0 radical (unpaired) electrons. The summed E-state index contributed by atoms with van der Waals surface area (Å²) in [6.45, 7) is 7.44. The lowest BCUT2D eigenvalue weighted by Gasteiger charge is -2.36. The molecule has 0 saturated heterocycles. The minimum atomic E-state index is -0.959. The number of carbonyl (C=O) groups is 4. The number of ketones is 1. The van der Waals surface area contributed by atoms with E-state index in [1.807, 2.05) is 30.3 Å². The van der Waals surface area contributed by atoms with Crippen LogP contribution in [0.4, 0.5) is 5.69 Å². The zero-order valence-electron chi connectivity index (χ0n) is 24.1. The van der Waals surface area contributed by atoms with Crippen molar-refractivity contribution in [3.63, 3.8) is 0 Å². The molecule has 0 bridgehead atoms. The largest absolute Gasteiger partial charge is 0.342 e. The normalized spacial score (nSPS) is 15.3. The Bertz CT molecular complexity index is 1450. The number of nitrogens with zero attached hydrogens (tertiary/aromatic N) is 2. The van der Waals surface area contributed by atoms with Gasteiger partial charge in [0, 0.05) is 31.5 Å². The second-order valence-electron chi connectivity index (χ2n) is 10.2. The minimum absolute atomic E-state index is 0.00883. The highest BCUT2D eigenvalue weighted by Crippen LogP contribution is 2.25.